The maximum Gasteiger partial charge on any atom is 0.407 e. The molecule has 0 aromatic heterocycles. The Morgan fingerprint density at radius 3 is 1.26 bits per heavy atom. The van der Waals surface area contributed by atoms with E-state index in [9.17, 15) is 54.3 Å². The molecule has 5 amide bonds. The second-order valence-corrected chi connectivity index (χ2v) is 23.4. The Hall–Kier alpha value is -7.71. The fourth-order valence-electron chi connectivity index (χ4n) is 12.9. The summed E-state index contributed by atoms with van der Waals surface area (Å²) in [7, 11) is 0. The van der Waals surface area contributed by atoms with Crippen molar-refractivity contribution in [2.45, 2.75) is 87.1 Å². The Balaban J connectivity index is 0.000000169. The lowest BCUT2D eigenvalue weighted by Gasteiger charge is -2.37. The highest BCUT2D eigenvalue weighted by Gasteiger charge is 2.43. The van der Waals surface area contributed by atoms with E-state index in [0.29, 0.717) is 25.9 Å². The number of urea groups is 1. The molecule has 6 aromatic rings. The molecule has 3 N–H and O–H groups in total. The predicted molar refractivity (Wildman–Crippen MR) is 313 cm³/mol. The highest BCUT2D eigenvalue weighted by molar-refractivity contribution is 6.62. The molecule has 12 nitrogen and oxygen atoms in total. The minimum absolute atomic E-state index is 0.0105. The summed E-state index contributed by atoms with van der Waals surface area (Å²) in [5.41, 5.74) is 9.37. The third-order valence-corrected chi connectivity index (χ3v) is 17.6. The van der Waals surface area contributed by atoms with Gasteiger partial charge in [0, 0.05) is 62.9 Å². The van der Waals surface area contributed by atoms with Crippen LogP contribution in [0, 0.1) is 35.1 Å². The lowest BCUT2D eigenvalue weighted by molar-refractivity contribution is 0.0131. The first-order valence-electron chi connectivity index (χ1n) is 29.3. The molecule has 6 aromatic carbocycles. The summed E-state index contributed by atoms with van der Waals surface area (Å²) < 4.78 is 120. The van der Waals surface area contributed by atoms with Gasteiger partial charge in [0.25, 0.3) is 11.8 Å². The van der Waals surface area contributed by atoms with E-state index in [1.165, 1.54) is 22.1 Å². The standard InChI is InChI=1S/C33H33F4N3O3.C28H28F2N2O2.C5H6ClF2NO/c34-23-9-10-29(35)22(17-23)18-30(21-11-14-39(15-12-21)32(42)40-16-13-33(36,37)20-40)38-31(41)43-19-28-26-7-3-1-5-24(26)25-6-2-4-8-27(25)28;29-20-9-10-26(30)19(15-20)16-27(18-11-13-31-14-12-18)32-28(33)34-17-25-23-7-3-1-5-21(23)22-6-2-4-8-24(22)25;6-4(10)9-2-1-5(7,8)3-9/h1-10,17,21,28,30H,11-16,18-20H2,(H,38,41);1-10,15,18,25,27,31H,11-14,16-17H2,(H,32,33);1-3H2. The maximum absolute atomic E-state index is 14.6. The smallest absolute Gasteiger partial charge is 0.407 e. The predicted octanol–water partition coefficient (Wildman–Crippen LogP) is 13.7. The number of likely N-dealkylation sites (tertiary alicyclic amines) is 3. The Bertz CT molecular complexity index is 3350. The topological polar surface area (TPSA) is 133 Å². The Morgan fingerprint density at radius 2 is 0.897 bits per heavy atom. The summed E-state index contributed by atoms with van der Waals surface area (Å²) in [6.45, 7) is 1.55. The van der Waals surface area contributed by atoms with Gasteiger partial charge in [-0.15, -0.1) is 0 Å². The largest absolute Gasteiger partial charge is 0.449 e. The van der Waals surface area contributed by atoms with Gasteiger partial charge < -0.3 is 40.1 Å². The number of piperidine rings is 2. The molecule has 4 heterocycles. The van der Waals surface area contributed by atoms with E-state index in [0.717, 1.165) is 94.5 Å². The van der Waals surface area contributed by atoms with Crippen molar-refractivity contribution in [3.05, 3.63) is 190 Å². The van der Waals surface area contributed by atoms with Crippen molar-refractivity contribution in [3.8, 4) is 22.3 Å². The van der Waals surface area contributed by atoms with Gasteiger partial charge in [-0.2, -0.15) is 0 Å². The number of carbonyl (C=O) groups excluding carboxylic acids is 4. The highest BCUT2D eigenvalue weighted by Crippen LogP contribution is 2.46. The van der Waals surface area contributed by atoms with Gasteiger partial charge in [0.1, 0.15) is 36.5 Å². The van der Waals surface area contributed by atoms with Gasteiger partial charge in [-0.25, -0.2) is 49.5 Å². The fraction of sp³-hybridized carbons (Fsp3) is 0.394. The van der Waals surface area contributed by atoms with Crippen LogP contribution in [-0.2, 0) is 22.3 Å². The molecule has 2 aliphatic carbocycles. The van der Waals surface area contributed by atoms with Gasteiger partial charge in [-0.05, 0) is 167 Å². The van der Waals surface area contributed by atoms with E-state index in [1.54, 1.807) is 4.90 Å². The molecule has 12 rings (SSSR count). The van der Waals surface area contributed by atoms with E-state index in [2.05, 4.69) is 40.2 Å². The zero-order valence-electron chi connectivity index (χ0n) is 47.6. The van der Waals surface area contributed by atoms with Gasteiger partial charge in [0.05, 0.1) is 13.1 Å². The SMILES string of the molecule is O=C(Cl)N1CCC(F)(F)C1.O=C(NC(Cc1cc(F)ccc1F)C1CCN(C(=O)N2CCC(F)(F)C2)CC1)OCC1c2ccccc2-c2ccccc21.O=C(NC(Cc1cc(F)ccc1F)C1CCNCC1)OCC1c2ccccc2-c2ccccc21. The number of carbonyl (C=O) groups is 4. The number of hydrogen-bond donors (Lipinski definition) is 3. The minimum atomic E-state index is -2.87. The summed E-state index contributed by atoms with van der Waals surface area (Å²) in [6, 6.07) is 37.7. The Kier molecular flexibility index (Phi) is 19.7. The van der Waals surface area contributed by atoms with Crippen LogP contribution in [0.4, 0.5) is 54.3 Å². The number of halogens is 9. The van der Waals surface area contributed by atoms with Crippen molar-refractivity contribution in [3.63, 3.8) is 0 Å². The molecule has 0 bridgehead atoms. The van der Waals surface area contributed by atoms with Crippen molar-refractivity contribution >= 4 is 35.2 Å². The molecule has 87 heavy (non-hydrogen) atoms. The van der Waals surface area contributed by atoms with Crippen LogP contribution in [0.1, 0.15) is 83.7 Å². The molecule has 4 aliphatic heterocycles. The van der Waals surface area contributed by atoms with Crippen LogP contribution in [0.15, 0.2) is 133 Å². The molecule has 2 unspecified atom stereocenters. The number of alkyl carbamates (subject to hydrolysis) is 2. The lowest BCUT2D eigenvalue weighted by Crippen LogP contribution is -2.50. The molecular weight excluding hydrogens is 1160 g/mol. The van der Waals surface area contributed by atoms with Crippen molar-refractivity contribution in [2.75, 3.05) is 65.6 Å². The molecule has 4 saturated heterocycles. The summed E-state index contributed by atoms with van der Waals surface area (Å²) in [6.07, 6.45) is 1.07. The monoisotopic (exact) mass is 1230 g/mol. The van der Waals surface area contributed by atoms with Gasteiger partial charge >= 0.3 is 23.6 Å². The summed E-state index contributed by atoms with van der Waals surface area (Å²) in [5.74, 6) is -7.90. The minimum Gasteiger partial charge on any atom is -0.449 e. The number of benzene rings is 6. The summed E-state index contributed by atoms with van der Waals surface area (Å²) in [5, 5.41) is 8.39. The number of amides is 5. The van der Waals surface area contributed by atoms with Crippen molar-refractivity contribution in [2.24, 2.45) is 11.8 Å². The molecule has 4 fully saturated rings. The summed E-state index contributed by atoms with van der Waals surface area (Å²) in [4.78, 5) is 52.9. The number of ether oxygens (including phenoxy) is 2. The average molecular weight is 1230 g/mol. The second kappa shape index (κ2) is 27.6. The van der Waals surface area contributed by atoms with Gasteiger partial charge in [-0.3, -0.25) is 4.79 Å². The molecule has 2 atom stereocenters. The quantitative estimate of drug-likeness (QED) is 0.0631. The van der Waals surface area contributed by atoms with Gasteiger partial charge in [0.15, 0.2) is 0 Å². The second-order valence-electron chi connectivity index (χ2n) is 23.0. The zero-order valence-corrected chi connectivity index (χ0v) is 48.3. The molecule has 21 heteroatoms. The molecule has 0 radical (unpaired) electrons. The van der Waals surface area contributed by atoms with Crippen LogP contribution in [0.2, 0.25) is 0 Å². The van der Waals surface area contributed by atoms with Gasteiger partial charge in [0.2, 0.25) is 0 Å². The van der Waals surface area contributed by atoms with Crippen LogP contribution in [0.25, 0.3) is 22.3 Å². The fourth-order valence-corrected chi connectivity index (χ4v) is 13.0. The molecule has 460 valence electrons. The van der Waals surface area contributed by atoms with Crippen molar-refractivity contribution in [1.29, 1.82) is 0 Å². The summed E-state index contributed by atoms with van der Waals surface area (Å²) >= 11 is 4.97. The van der Waals surface area contributed by atoms with Crippen molar-refractivity contribution < 1.29 is 63.8 Å². The van der Waals surface area contributed by atoms with E-state index < -0.39 is 77.8 Å². The Morgan fingerprint density at radius 1 is 0.517 bits per heavy atom. The number of rotatable bonds is 12. The van der Waals surface area contributed by atoms with E-state index in [-0.39, 0.29) is 92.8 Å². The first kappa shape index (κ1) is 62.3. The normalized spacial score (nSPS) is 18.4. The number of alkyl halides is 4. The average Bonchev–Trinajstić information content (AvgIpc) is 1.73. The van der Waals surface area contributed by atoms with Crippen molar-refractivity contribution in [1.82, 2.24) is 30.7 Å². The van der Waals surface area contributed by atoms with Crippen LogP contribution < -0.4 is 16.0 Å². The number of hydrogen-bond acceptors (Lipinski definition) is 7. The van der Waals surface area contributed by atoms with Crippen LogP contribution in [0.3, 0.4) is 0 Å². The zero-order chi connectivity index (χ0) is 61.4. The van der Waals surface area contributed by atoms with Crippen LogP contribution in [-0.4, -0.2) is 128 Å². The first-order valence-corrected chi connectivity index (χ1v) is 29.7. The van der Waals surface area contributed by atoms with E-state index in [1.807, 2.05) is 72.8 Å². The third kappa shape index (κ3) is 15.4. The Labute approximate surface area is 504 Å². The number of nitrogens with one attached hydrogen (secondary N) is 3. The highest BCUT2D eigenvalue weighted by atomic mass is 35.5. The van der Waals surface area contributed by atoms with E-state index >= 15 is 0 Å². The van der Waals surface area contributed by atoms with E-state index in [4.69, 9.17) is 21.1 Å². The number of fused-ring (bicyclic) bond motifs is 6. The molecule has 0 spiro atoms. The first-order chi connectivity index (χ1) is 41.8. The lowest BCUT2D eigenvalue weighted by atomic mass is 9.86. The van der Waals surface area contributed by atoms with Crippen LogP contribution >= 0.6 is 11.6 Å². The van der Waals surface area contributed by atoms with Gasteiger partial charge in [-0.1, -0.05) is 97.1 Å². The molecular formula is C66H67ClF8N6O6. The maximum atomic E-state index is 14.6. The van der Waals surface area contributed by atoms with Crippen LogP contribution in [0.5, 0.6) is 0 Å². The third-order valence-electron chi connectivity index (χ3n) is 17.4. The molecule has 0 saturated carbocycles. The number of nitrogens with zero attached hydrogens (tertiary/aromatic N) is 3. The molecule has 6 aliphatic rings.